The minimum Gasteiger partial charge on any atom is -0.298 e. The number of thioether (sulfide) groups is 1. The summed E-state index contributed by atoms with van der Waals surface area (Å²) in [6.07, 6.45) is 1.37. The van der Waals surface area contributed by atoms with E-state index in [-0.39, 0.29) is 6.67 Å². The fourth-order valence-corrected chi connectivity index (χ4v) is 1.88. The van der Waals surface area contributed by atoms with E-state index in [0.29, 0.717) is 12.0 Å². The molecule has 0 radical (unpaired) electrons. The Morgan fingerprint density at radius 2 is 2.15 bits per heavy atom. The Kier molecular flexibility index (Phi) is 4.54. The molecule has 0 saturated heterocycles. The lowest BCUT2D eigenvalue weighted by Crippen LogP contribution is -1.86. The summed E-state index contributed by atoms with van der Waals surface area (Å²) in [4.78, 5) is 11.5. The molecule has 0 saturated carbocycles. The van der Waals surface area contributed by atoms with E-state index in [4.69, 9.17) is 0 Å². The molecule has 3 heteroatoms. The maximum Gasteiger partial charge on any atom is 0.151 e. The van der Waals surface area contributed by atoms with Gasteiger partial charge in [-0.1, -0.05) is 18.2 Å². The number of rotatable bonds is 5. The highest BCUT2D eigenvalue weighted by Gasteiger charge is 1.99. The van der Waals surface area contributed by atoms with Gasteiger partial charge in [-0.15, -0.1) is 11.8 Å². The minimum atomic E-state index is -0.295. The number of benzene rings is 1. The molecule has 0 aliphatic rings. The molecule has 1 nitrogen and oxygen atoms in total. The third kappa shape index (κ3) is 3.19. The van der Waals surface area contributed by atoms with E-state index in [2.05, 4.69) is 0 Å². The molecule has 0 unspecified atom stereocenters. The molecule has 13 heavy (non-hydrogen) atoms. The van der Waals surface area contributed by atoms with Gasteiger partial charge < -0.3 is 0 Å². The largest absolute Gasteiger partial charge is 0.298 e. The molecule has 0 aliphatic carbocycles. The number of alkyl halides is 1. The summed E-state index contributed by atoms with van der Waals surface area (Å²) in [5, 5.41) is 0. The van der Waals surface area contributed by atoms with E-state index in [0.717, 1.165) is 16.9 Å². The fourth-order valence-electron chi connectivity index (χ4n) is 0.946. The molecular weight excluding hydrogens is 187 g/mol. The molecule has 0 aromatic heterocycles. The molecule has 0 heterocycles. The lowest BCUT2D eigenvalue weighted by molar-refractivity contribution is 0.112. The van der Waals surface area contributed by atoms with Crippen molar-refractivity contribution in [3.8, 4) is 0 Å². The van der Waals surface area contributed by atoms with Crippen LogP contribution in [0.5, 0.6) is 0 Å². The second kappa shape index (κ2) is 5.75. The summed E-state index contributed by atoms with van der Waals surface area (Å²) in [6.45, 7) is -0.295. The molecule has 0 fully saturated rings. The van der Waals surface area contributed by atoms with Gasteiger partial charge in [0.25, 0.3) is 0 Å². The molecule has 0 atom stereocenters. The van der Waals surface area contributed by atoms with Crippen LogP contribution in [-0.4, -0.2) is 18.7 Å². The molecule has 70 valence electrons. The number of aldehydes is 1. The Balaban J connectivity index is 2.59. The van der Waals surface area contributed by atoms with E-state index in [1.165, 1.54) is 11.8 Å². The third-order valence-electron chi connectivity index (χ3n) is 1.58. The van der Waals surface area contributed by atoms with E-state index in [1.807, 2.05) is 18.2 Å². The summed E-state index contributed by atoms with van der Waals surface area (Å²) >= 11 is 1.52. The van der Waals surface area contributed by atoms with Crippen LogP contribution in [0.1, 0.15) is 16.8 Å². The highest BCUT2D eigenvalue weighted by Crippen LogP contribution is 2.21. The Bertz CT molecular complexity index is 275. The van der Waals surface area contributed by atoms with Crippen LogP contribution in [0.25, 0.3) is 0 Å². The zero-order valence-corrected chi connectivity index (χ0v) is 8.02. The van der Waals surface area contributed by atoms with E-state index < -0.39 is 0 Å². The molecule has 0 bridgehead atoms. The maximum atomic E-state index is 11.8. The molecule has 0 amide bonds. The molecule has 1 aromatic rings. The minimum absolute atomic E-state index is 0.295. The van der Waals surface area contributed by atoms with Gasteiger partial charge in [-0.05, 0) is 12.5 Å². The highest BCUT2D eigenvalue weighted by atomic mass is 32.2. The SMILES string of the molecule is O=Cc1ccccc1SCCCF. The van der Waals surface area contributed by atoms with Crippen molar-refractivity contribution >= 4 is 18.0 Å². The van der Waals surface area contributed by atoms with Gasteiger partial charge in [0.1, 0.15) is 0 Å². The summed E-state index contributed by atoms with van der Waals surface area (Å²) in [7, 11) is 0. The molecule has 0 spiro atoms. The van der Waals surface area contributed by atoms with Crippen LogP contribution < -0.4 is 0 Å². The second-order valence-electron chi connectivity index (χ2n) is 2.55. The molecule has 1 aromatic carbocycles. The zero-order chi connectivity index (χ0) is 9.52. The van der Waals surface area contributed by atoms with Crippen molar-refractivity contribution in [3.05, 3.63) is 29.8 Å². The maximum absolute atomic E-state index is 11.8. The lowest BCUT2D eigenvalue weighted by Gasteiger charge is -2.01. The van der Waals surface area contributed by atoms with Gasteiger partial charge in [-0.3, -0.25) is 9.18 Å². The molecule has 0 aliphatic heterocycles. The molecule has 0 N–H and O–H groups in total. The van der Waals surface area contributed by atoms with Crippen LogP contribution in [0.2, 0.25) is 0 Å². The Hall–Kier alpha value is -0.830. The van der Waals surface area contributed by atoms with Gasteiger partial charge in [-0.2, -0.15) is 0 Å². The van der Waals surface area contributed by atoms with Crippen molar-refractivity contribution in [1.82, 2.24) is 0 Å². The zero-order valence-electron chi connectivity index (χ0n) is 7.20. The topological polar surface area (TPSA) is 17.1 Å². The monoisotopic (exact) mass is 198 g/mol. The predicted molar refractivity (Wildman–Crippen MR) is 53.1 cm³/mol. The smallest absolute Gasteiger partial charge is 0.151 e. The first-order valence-electron chi connectivity index (χ1n) is 4.11. The van der Waals surface area contributed by atoms with Crippen molar-refractivity contribution in [2.24, 2.45) is 0 Å². The van der Waals surface area contributed by atoms with Gasteiger partial charge in [-0.25, -0.2) is 0 Å². The van der Waals surface area contributed by atoms with Gasteiger partial charge in [0.05, 0.1) is 6.67 Å². The number of carbonyl (C=O) groups excluding carboxylic acids is 1. The average Bonchev–Trinajstić information content (AvgIpc) is 2.19. The van der Waals surface area contributed by atoms with Crippen LogP contribution in [0, 0.1) is 0 Å². The van der Waals surface area contributed by atoms with Gasteiger partial charge in [0.15, 0.2) is 6.29 Å². The Labute approximate surface area is 81.3 Å². The van der Waals surface area contributed by atoms with Crippen molar-refractivity contribution in [3.63, 3.8) is 0 Å². The Morgan fingerprint density at radius 3 is 2.85 bits per heavy atom. The quantitative estimate of drug-likeness (QED) is 0.411. The van der Waals surface area contributed by atoms with E-state index in [9.17, 15) is 9.18 Å². The number of hydrogen-bond acceptors (Lipinski definition) is 2. The molecular formula is C10H11FOS. The van der Waals surface area contributed by atoms with Crippen LogP contribution in [0.4, 0.5) is 4.39 Å². The first kappa shape index (κ1) is 10.3. The third-order valence-corrected chi connectivity index (χ3v) is 2.76. The Morgan fingerprint density at radius 1 is 1.38 bits per heavy atom. The first-order valence-corrected chi connectivity index (χ1v) is 5.10. The second-order valence-corrected chi connectivity index (χ2v) is 3.68. The van der Waals surface area contributed by atoms with Crippen LogP contribution >= 0.6 is 11.8 Å². The summed E-state index contributed by atoms with van der Waals surface area (Å²) in [5.41, 5.74) is 0.686. The predicted octanol–water partition coefficient (Wildman–Crippen LogP) is 2.95. The average molecular weight is 198 g/mol. The van der Waals surface area contributed by atoms with Crippen LogP contribution in [0.15, 0.2) is 29.2 Å². The van der Waals surface area contributed by atoms with Gasteiger partial charge >= 0.3 is 0 Å². The van der Waals surface area contributed by atoms with Gasteiger partial charge in [0, 0.05) is 16.2 Å². The lowest BCUT2D eigenvalue weighted by atomic mass is 10.2. The van der Waals surface area contributed by atoms with Crippen LogP contribution in [-0.2, 0) is 0 Å². The highest BCUT2D eigenvalue weighted by molar-refractivity contribution is 7.99. The van der Waals surface area contributed by atoms with Crippen molar-refractivity contribution < 1.29 is 9.18 Å². The number of hydrogen-bond donors (Lipinski definition) is 0. The van der Waals surface area contributed by atoms with Crippen LogP contribution in [0.3, 0.4) is 0 Å². The standard InChI is InChI=1S/C10H11FOS/c11-6-3-7-13-10-5-2-1-4-9(10)8-12/h1-2,4-5,8H,3,6-7H2. The fraction of sp³-hybridized carbons (Fsp3) is 0.300. The first-order chi connectivity index (χ1) is 6.38. The molecule has 1 rings (SSSR count). The number of halogens is 1. The number of carbonyl (C=O) groups is 1. The van der Waals surface area contributed by atoms with E-state index >= 15 is 0 Å². The van der Waals surface area contributed by atoms with E-state index in [1.54, 1.807) is 6.07 Å². The van der Waals surface area contributed by atoms with Crippen molar-refractivity contribution in [1.29, 1.82) is 0 Å². The van der Waals surface area contributed by atoms with Crippen molar-refractivity contribution in [2.45, 2.75) is 11.3 Å². The van der Waals surface area contributed by atoms with Crippen molar-refractivity contribution in [2.75, 3.05) is 12.4 Å². The summed E-state index contributed by atoms with van der Waals surface area (Å²) < 4.78 is 11.8. The summed E-state index contributed by atoms with van der Waals surface area (Å²) in [5.74, 6) is 0.724. The van der Waals surface area contributed by atoms with Gasteiger partial charge in [0.2, 0.25) is 0 Å². The summed E-state index contributed by atoms with van der Waals surface area (Å²) in [6, 6.07) is 7.35. The normalized spacial score (nSPS) is 9.92.